The molecule has 5 amide bonds. The number of ether oxygens (including phenoxy) is 3. The highest BCUT2D eigenvalue weighted by molar-refractivity contribution is 6.14. The number of ketones is 1. The van der Waals surface area contributed by atoms with E-state index >= 15 is 0 Å². The van der Waals surface area contributed by atoms with Crippen molar-refractivity contribution in [2.75, 3.05) is 52.4 Å². The fourth-order valence-electron chi connectivity index (χ4n) is 5.10. The van der Waals surface area contributed by atoms with Crippen molar-refractivity contribution in [1.82, 2.24) is 15.1 Å². The van der Waals surface area contributed by atoms with Crippen molar-refractivity contribution in [3.63, 3.8) is 0 Å². The lowest BCUT2D eigenvalue weighted by Gasteiger charge is -2.25. The lowest BCUT2D eigenvalue weighted by Crippen LogP contribution is -2.46. The summed E-state index contributed by atoms with van der Waals surface area (Å²) in [5.41, 5.74) is 1.57. The summed E-state index contributed by atoms with van der Waals surface area (Å²) in [4.78, 5) is 90.8. The van der Waals surface area contributed by atoms with Crippen LogP contribution < -0.4 is 10.6 Å². The summed E-state index contributed by atoms with van der Waals surface area (Å²) in [7, 11) is 3.08. The lowest BCUT2D eigenvalue weighted by molar-refractivity contribution is -0.154. The summed E-state index contributed by atoms with van der Waals surface area (Å²) in [6.07, 6.45) is 3.37. The minimum absolute atomic E-state index is 0.0151. The van der Waals surface area contributed by atoms with Crippen LogP contribution in [0.25, 0.3) is 0 Å². The molecule has 1 aliphatic rings. The molecule has 14 heteroatoms. The van der Waals surface area contributed by atoms with Gasteiger partial charge in [0.1, 0.15) is 25.0 Å². The lowest BCUT2D eigenvalue weighted by atomic mass is 9.89. The summed E-state index contributed by atoms with van der Waals surface area (Å²) in [6.45, 7) is 11.0. The van der Waals surface area contributed by atoms with Gasteiger partial charge < -0.3 is 29.7 Å². The van der Waals surface area contributed by atoms with E-state index < -0.39 is 53.5 Å². The maximum Gasteiger partial charge on any atom is 0.311 e. The number of hydrogen-bond donors (Lipinski definition) is 2. The topological polar surface area (TPSA) is 178 Å². The molecule has 0 unspecified atom stereocenters. The molecule has 1 heterocycles. The van der Waals surface area contributed by atoms with Crippen LogP contribution in [0.5, 0.6) is 0 Å². The zero-order valence-electron chi connectivity index (χ0n) is 31.2. The fraction of sp³-hybridized carbons (Fsp3) is 0.595. The molecule has 0 fully saturated rings. The molecule has 0 bridgehead atoms. The molecule has 2 N–H and O–H groups in total. The van der Waals surface area contributed by atoms with Gasteiger partial charge in [0.05, 0.1) is 12.0 Å². The second kappa shape index (κ2) is 20.4. The number of anilines is 1. The number of imide groups is 1. The summed E-state index contributed by atoms with van der Waals surface area (Å²) >= 11 is 0. The molecular weight excluding hydrogens is 660 g/mol. The summed E-state index contributed by atoms with van der Waals surface area (Å²) in [6, 6.07) is 4.40. The fourth-order valence-corrected chi connectivity index (χ4v) is 5.10. The third kappa shape index (κ3) is 14.0. The van der Waals surface area contributed by atoms with Crippen molar-refractivity contribution in [3.05, 3.63) is 41.5 Å². The zero-order chi connectivity index (χ0) is 38.3. The molecule has 2 rings (SSSR count). The summed E-state index contributed by atoms with van der Waals surface area (Å²) in [5.74, 6) is -4.13. The number of benzene rings is 1. The predicted molar refractivity (Wildman–Crippen MR) is 189 cm³/mol. The number of aryl methyl sites for hydroxylation is 1. The normalized spacial score (nSPS) is 14.0. The van der Waals surface area contributed by atoms with Crippen LogP contribution in [-0.4, -0.2) is 104 Å². The molecule has 0 saturated heterocycles. The first kappa shape index (κ1) is 42.7. The quantitative estimate of drug-likeness (QED) is 0.109. The molecule has 1 aliphatic heterocycles. The van der Waals surface area contributed by atoms with Gasteiger partial charge in [-0.3, -0.25) is 38.5 Å². The van der Waals surface area contributed by atoms with Gasteiger partial charge in [-0.1, -0.05) is 19.9 Å². The number of nitrogens with one attached hydrogen (secondary N) is 2. The first-order valence-electron chi connectivity index (χ1n) is 17.2. The molecule has 0 aromatic heterocycles. The predicted octanol–water partition coefficient (Wildman–Crippen LogP) is 2.82. The van der Waals surface area contributed by atoms with Gasteiger partial charge in [0.15, 0.2) is 0 Å². The van der Waals surface area contributed by atoms with Crippen molar-refractivity contribution in [2.45, 2.75) is 79.9 Å². The third-order valence-corrected chi connectivity index (χ3v) is 8.35. The molecule has 2 atom stereocenters. The highest BCUT2D eigenvalue weighted by Crippen LogP contribution is 2.22. The molecule has 51 heavy (non-hydrogen) atoms. The van der Waals surface area contributed by atoms with Gasteiger partial charge in [-0.05, 0) is 69.7 Å². The third-order valence-electron chi connectivity index (χ3n) is 8.35. The summed E-state index contributed by atoms with van der Waals surface area (Å²) in [5, 5.41) is 5.57. The largest absolute Gasteiger partial charge is 0.460 e. The number of methoxy groups -OCH3 is 2. The van der Waals surface area contributed by atoms with Crippen LogP contribution >= 0.6 is 0 Å². The van der Waals surface area contributed by atoms with Crippen LogP contribution in [0.3, 0.4) is 0 Å². The van der Waals surface area contributed by atoms with Crippen molar-refractivity contribution in [2.24, 2.45) is 17.3 Å². The Morgan fingerprint density at radius 1 is 0.882 bits per heavy atom. The minimum Gasteiger partial charge on any atom is -0.460 e. The van der Waals surface area contributed by atoms with Crippen molar-refractivity contribution in [1.29, 1.82) is 0 Å². The number of nitrogens with zero attached hydrogens (tertiary/aromatic N) is 2. The maximum atomic E-state index is 13.3. The average Bonchev–Trinajstić information content (AvgIpc) is 3.38. The van der Waals surface area contributed by atoms with Crippen LogP contribution in [0.15, 0.2) is 30.4 Å². The Balaban J connectivity index is 2.01. The number of esters is 1. The Bertz CT molecular complexity index is 1430. The van der Waals surface area contributed by atoms with Crippen molar-refractivity contribution < 1.29 is 47.8 Å². The second-order valence-corrected chi connectivity index (χ2v) is 13.9. The molecule has 1 aromatic rings. The van der Waals surface area contributed by atoms with Gasteiger partial charge in [-0.25, -0.2) is 0 Å². The Labute approximate surface area is 300 Å². The van der Waals surface area contributed by atoms with Gasteiger partial charge in [0.2, 0.25) is 17.7 Å². The number of carbonyl (C=O) groups excluding carboxylic acids is 7. The SMILES string of the molecule is COCCCc1cc(NC(=O)[C@H](C)NC(=O)[C@@H](CC(=O)CCN(CCOC)C(=O)CN2C(=O)C=CC2=O)C(C)C)ccc1COC(=O)C(C)(C)C. The first-order chi connectivity index (χ1) is 24.0. The Morgan fingerprint density at radius 2 is 1.53 bits per heavy atom. The van der Waals surface area contributed by atoms with E-state index in [0.717, 1.165) is 34.6 Å². The smallest absolute Gasteiger partial charge is 0.311 e. The van der Waals surface area contributed by atoms with E-state index in [4.69, 9.17) is 14.2 Å². The van der Waals surface area contributed by atoms with Gasteiger partial charge >= 0.3 is 5.97 Å². The number of carbonyl (C=O) groups is 7. The number of hydrogen-bond acceptors (Lipinski definition) is 10. The molecular formula is C37H54N4O10. The highest BCUT2D eigenvalue weighted by atomic mass is 16.5. The minimum atomic E-state index is -0.925. The van der Waals surface area contributed by atoms with E-state index in [9.17, 15) is 33.6 Å². The molecule has 0 spiro atoms. The van der Waals surface area contributed by atoms with Crippen LogP contribution in [0.4, 0.5) is 5.69 Å². The van der Waals surface area contributed by atoms with E-state index in [0.29, 0.717) is 18.7 Å². The van der Waals surface area contributed by atoms with Gasteiger partial charge in [0.25, 0.3) is 11.8 Å². The van der Waals surface area contributed by atoms with E-state index in [2.05, 4.69) is 10.6 Å². The Morgan fingerprint density at radius 3 is 2.12 bits per heavy atom. The molecule has 0 aliphatic carbocycles. The van der Waals surface area contributed by atoms with Gasteiger partial charge in [0, 0.05) is 70.5 Å². The monoisotopic (exact) mass is 714 g/mol. The Kier molecular flexibility index (Phi) is 17.1. The number of Topliss-reactive ketones (excluding diaryl/α,β-unsaturated/α-hetero) is 1. The van der Waals surface area contributed by atoms with E-state index in [1.165, 1.54) is 12.0 Å². The highest BCUT2D eigenvalue weighted by Gasteiger charge is 2.30. The van der Waals surface area contributed by atoms with E-state index in [1.54, 1.807) is 60.8 Å². The molecule has 1 aromatic carbocycles. The van der Waals surface area contributed by atoms with Crippen LogP contribution in [-0.2, 0) is 60.8 Å². The molecule has 0 radical (unpaired) electrons. The van der Waals surface area contributed by atoms with Crippen LogP contribution in [0, 0.1) is 17.3 Å². The van der Waals surface area contributed by atoms with Gasteiger partial charge in [-0.15, -0.1) is 0 Å². The van der Waals surface area contributed by atoms with Crippen molar-refractivity contribution >= 4 is 47.0 Å². The molecule has 14 nitrogen and oxygen atoms in total. The maximum absolute atomic E-state index is 13.3. The zero-order valence-corrected chi connectivity index (χ0v) is 31.2. The van der Waals surface area contributed by atoms with Gasteiger partial charge in [-0.2, -0.15) is 0 Å². The number of rotatable bonds is 21. The van der Waals surface area contributed by atoms with Crippen molar-refractivity contribution in [3.8, 4) is 0 Å². The molecule has 282 valence electrons. The van der Waals surface area contributed by atoms with E-state index in [-0.39, 0.29) is 56.8 Å². The Hall–Kier alpha value is -4.43. The number of amides is 5. The van der Waals surface area contributed by atoms with Crippen LogP contribution in [0.2, 0.25) is 0 Å². The summed E-state index contributed by atoms with van der Waals surface area (Å²) < 4.78 is 15.8. The standard InChI is InChI=1S/C37H54N4O10/c1-24(2)30(21-29(42)15-16-40(17-19-50-8)33(45)22-41-31(43)13-14-32(41)44)35(47)38-25(3)34(46)39-28-12-11-27(23-51-36(48)37(4,5)6)26(20-28)10-9-18-49-7/h11-14,20,24-25,30H,9-10,15-19,21-23H2,1-8H3,(H,38,47)(H,39,46)/t25-,30-/m0/s1. The second-order valence-electron chi connectivity index (χ2n) is 13.9. The van der Waals surface area contributed by atoms with Crippen LogP contribution in [0.1, 0.15) is 71.9 Å². The first-order valence-corrected chi connectivity index (χ1v) is 17.2. The van der Waals surface area contributed by atoms with E-state index in [1.807, 2.05) is 6.07 Å². The molecule has 0 saturated carbocycles. The average molecular weight is 715 g/mol.